The van der Waals surface area contributed by atoms with Gasteiger partial charge < -0.3 is 19.7 Å². The quantitative estimate of drug-likeness (QED) is 0.846. The van der Waals surface area contributed by atoms with E-state index in [1.54, 1.807) is 4.90 Å². The van der Waals surface area contributed by atoms with Crippen molar-refractivity contribution in [2.24, 2.45) is 0 Å². The lowest BCUT2D eigenvalue weighted by molar-refractivity contribution is 0.00514. The van der Waals surface area contributed by atoms with Crippen molar-refractivity contribution in [3.05, 3.63) is 30.3 Å². The minimum absolute atomic E-state index is 0.235. The molecule has 1 N–H and O–H groups in total. The number of likely N-dealkylation sites (tertiary alicyclic amines) is 1. The van der Waals surface area contributed by atoms with Crippen LogP contribution in [0.4, 0.5) is 4.79 Å². The number of para-hydroxylation sites is 1. The van der Waals surface area contributed by atoms with Gasteiger partial charge in [0, 0.05) is 25.7 Å². The van der Waals surface area contributed by atoms with Crippen molar-refractivity contribution < 1.29 is 14.3 Å². The first-order valence-corrected chi connectivity index (χ1v) is 7.33. The maximum Gasteiger partial charge on any atom is 0.410 e. The summed E-state index contributed by atoms with van der Waals surface area (Å²) in [5, 5.41) is 3.36. The summed E-state index contributed by atoms with van der Waals surface area (Å²) in [6.45, 7) is 8.40. The summed E-state index contributed by atoms with van der Waals surface area (Å²) in [5.74, 6) is 0.878. The van der Waals surface area contributed by atoms with Crippen LogP contribution in [0.3, 0.4) is 0 Å². The molecule has 1 aromatic rings. The minimum atomic E-state index is -0.431. The van der Waals surface area contributed by atoms with Gasteiger partial charge in [0.15, 0.2) is 0 Å². The monoisotopic (exact) mass is 292 g/mol. The van der Waals surface area contributed by atoms with Crippen molar-refractivity contribution in [1.29, 1.82) is 0 Å². The molecule has 1 heterocycles. The summed E-state index contributed by atoms with van der Waals surface area (Å²) < 4.78 is 10.9. The van der Waals surface area contributed by atoms with Crippen LogP contribution in [0.2, 0.25) is 0 Å². The fourth-order valence-corrected chi connectivity index (χ4v) is 2.03. The van der Waals surface area contributed by atoms with E-state index in [0.717, 1.165) is 12.3 Å². The Balaban J connectivity index is 1.56. The summed E-state index contributed by atoms with van der Waals surface area (Å²) in [6.07, 6.45) is -0.235. The SMILES string of the molecule is CC(C)(C)OC(=O)N1CC(NCCOc2ccccc2)C1. The second-order valence-electron chi connectivity index (χ2n) is 6.20. The number of hydrogen-bond acceptors (Lipinski definition) is 4. The number of amides is 1. The number of ether oxygens (including phenoxy) is 2. The molecule has 0 atom stereocenters. The first-order chi connectivity index (χ1) is 9.94. The Hall–Kier alpha value is -1.75. The van der Waals surface area contributed by atoms with E-state index in [0.29, 0.717) is 25.7 Å². The normalized spacial score (nSPS) is 15.5. The zero-order valence-corrected chi connectivity index (χ0v) is 13.0. The average Bonchev–Trinajstić information content (AvgIpc) is 2.35. The van der Waals surface area contributed by atoms with E-state index in [1.807, 2.05) is 51.1 Å². The molecule has 5 heteroatoms. The van der Waals surface area contributed by atoms with E-state index in [2.05, 4.69) is 5.32 Å². The van der Waals surface area contributed by atoms with Gasteiger partial charge in [-0.1, -0.05) is 18.2 Å². The molecule has 5 nitrogen and oxygen atoms in total. The van der Waals surface area contributed by atoms with Gasteiger partial charge in [0.25, 0.3) is 0 Å². The first-order valence-electron chi connectivity index (χ1n) is 7.33. The average molecular weight is 292 g/mol. The molecule has 2 rings (SSSR count). The second kappa shape index (κ2) is 6.80. The highest BCUT2D eigenvalue weighted by atomic mass is 16.6. The lowest BCUT2D eigenvalue weighted by atomic mass is 10.1. The van der Waals surface area contributed by atoms with Gasteiger partial charge in [-0.2, -0.15) is 0 Å². The molecule has 21 heavy (non-hydrogen) atoms. The molecule has 0 saturated carbocycles. The van der Waals surface area contributed by atoms with E-state index in [4.69, 9.17) is 9.47 Å². The van der Waals surface area contributed by atoms with Crippen molar-refractivity contribution >= 4 is 6.09 Å². The molecule has 1 amide bonds. The highest BCUT2D eigenvalue weighted by Crippen LogP contribution is 2.15. The highest BCUT2D eigenvalue weighted by Gasteiger charge is 2.33. The summed E-state index contributed by atoms with van der Waals surface area (Å²) in [7, 11) is 0. The Labute approximate surface area is 126 Å². The third kappa shape index (κ3) is 5.27. The molecular formula is C16H24N2O3. The number of hydrogen-bond donors (Lipinski definition) is 1. The van der Waals surface area contributed by atoms with E-state index in [1.165, 1.54) is 0 Å². The lowest BCUT2D eigenvalue weighted by Crippen LogP contribution is -2.60. The number of carbonyl (C=O) groups excluding carboxylic acids is 1. The highest BCUT2D eigenvalue weighted by molar-refractivity contribution is 5.69. The molecule has 0 bridgehead atoms. The lowest BCUT2D eigenvalue weighted by Gasteiger charge is -2.40. The van der Waals surface area contributed by atoms with Crippen LogP contribution < -0.4 is 10.1 Å². The Bertz CT molecular complexity index is 450. The molecule has 116 valence electrons. The van der Waals surface area contributed by atoms with Gasteiger partial charge in [0.2, 0.25) is 0 Å². The molecule has 0 aromatic heterocycles. The van der Waals surface area contributed by atoms with Gasteiger partial charge >= 0.3 is 6.09 Å². The summed E-state index contributed by atoms with van der Waals surface area (Å²) >= 11 is 0. The number of carbonyl (C=O) groups is 1. The molecule has 0 aliphatic carbocycles. The zero-order valence-electron chi connectivity index (χ0n) is 13.0. The maximum absolute atomic E-state index is 11.8. The Morgan fingerprint density at radius 3 is 2.57 bits per heavy atom. The van der Waals surface area contributed by atoms with Crippen molar-refractivity contribution in [3.8, 4) is 5.75 Å². The van der Waals surface area contributed by atoms with Crippen molar-refractivity contribution in [3.63, 3.8) is 0 Å². The Kier molecular flexibility index (Phi) is 5.07. The molecular weight excluding hydrogens is 268 g/mol. The zero-order chi connectivity index (χ0) is 15.3. The van der Waals surface area contributed by atoms with E-state index in [9.17, 15) is 4.79 Å². The van der Waals surface area contributed by atoms with Crippen LogP contribution in [-0.4, -0.2) is 48.9 Å². The van der Waals surface area contributed by atoms with Crippen LogP contribution in [-0.2, 0) is 4.74 Å². The smallest absolute Gasteiger partial charge is 0.410 e. The van der Waals surface area contributed by atoms with E-state index in [-0.39, 0.29) is 6.09 Å². The van der Waals surface area contributed by atoms with Crippen LogP contribution in [0.25, 0.3) is 0 Å². The molecule has 1 aliphatic rings. The number of benzene rings is 1. The van der Waals surface area contributed by atoms with Crippen LogP contribution in [0.5, 0.6) is 5.75 Å². The predicted molar refractivity (Wildman–Crippen MR) is 81.5 cm³/mol. The fourth-order valence-electron chi connectivity index (χ4n) is 2.03. The third-order valence-electron chi connectivity index (χ3n) is 3.08. The largest absolute Gasteiger partial charge is 0.492 e. The van der Waals surface area contributed by atoms with E-state index >= 15 is 0 Å². The van der Waals surface area contributed by atoms with E-state index < -0.39 is 5.60 Å². The second-order valence-corrected chi connectivity index (χ2v) is 6.20. The molecule has 0 radical (unpaired) electrons. The van der Waals surface area contributed by atoms with Crippen molar-refractivity contribution in [1.82, 2.24) is 10.2 Å². The molecule has 1 aromatic carbocycles. The van der Waals surface area contributed by atoms with Crippen molar-refractivity contribution in [2.45, 2.75) is 32.4 Å². The number of nitrogens with zero attached hydrogens (tertiary/aromatic N) is 1. The molecule has 0 unspecified atom stereocenters. The number of nitrogens with one attached hydrogen (secondary N) is 1. The molecule has 1 aliphatic heterocycles. The maximum atomic E-state index is 11.8. The van der Waals surface area contributed by atoms with Gasteiger partial charge in [0.05, 0.1) is 0 Å². The summed E-state index contributed by atoms with van der Waals surface area (Å²) in [4.78, 5) is 13.5. The van der Waals surface area contributed by atoms with Crippen LogP contribution in [0.1, 0.15) is 20.8 Å². The van der Waals surface area contributed by atoms with Gasteiger partial charge in [-0.3, -0.25) is 0 Å². The standard InChI is InChI=1S/C16H24N2O3/c1-16(2,3)21-15(19)18-11-13(12-18)17-9-10-20-14-7-5-4-6-8-14/h4-8,13,17H,9-12H2,1-3H3. The number of rotatable bonds is 5. The van der Waals surface area contributed by atoms with Crippen LogP contribution >= 0.6 is 0 Å². The summed E-state index contributed by atoms with van der Waals surface area (Å²) in [5.41, 5.74) is -0.431. The summed E-state index contributed by atoms with van der Waals surface area (Å²) in [6, 6.07) is 10.1. The first kappa shape index (κ1) is 15.6. The fraction of sp³-hybridized carbons (Fsp3) is 0.562. The topological polar surface area (TPSA) is 50.8 Å². The van der Waals surface area contributed by atoms with Gasteiger partial charge in [0.1, 0.15) is 18.0 Å². The molecule has 0 spiro atoms. The van der Waals surface area contributed by atoms with Gasteiger partial charge in [-0.05, 0) is 32.9 Å². The predicted octanol–water partition coefficient (Wildman–Crippen LogP) is 2.27. The van der Waals surface area contributed by atoms with Gasteiger partial charge in [-0.15, -0.1) is 0 Å². The van der Waals surface area contributed by atoms with Crippen LogP contribution in [0, 0.1) is 0 Å². The Morgan fingerprint density at radius 2 is 1.95 bits per heavy atom. The third-order valence-corrected chi connectivity index (χ3v) is 3.08. The molecule has 1 fully saturated rings. The minimum Gasteiger partial charge on any atom is -0.492 e. The van der Waals surface area contributed by atoms with Crippen molar-refractivity contribution in [2.75, 3.05) is 26.2 Å². The van der Waals surface area contributed by atoms with Gasteiger partial charge in [-0.25, -0.2) is 4.79 Å². The van der Waals surface area contributed by atoms with Crippen LogP contribution in [0.15, 0.2) is 30.3 Å². The molecule has 1 saturated heterocycles. The Morgan fingerprint density at radius 1 is 1.29 bits per heavy atom.